The molecule has 1 saturated heterocycles. The van der Waals surface area contributed by atoms with Gasteiger partial charge in [0.2, 0.25) is 0 Å². The van der Waals surface area contributed by atoms with Gasteiger partial charge < -0.3 is 10.6 Å². The molecule has 0 aromatic rings. The van der Waals surface area contributed by atoms with Gasteiger partial charge in [0, 0.05) is 6.42 Å². The maximum atomic E-state index is 11.8. The topological polar surface area (TPSA) is 24.1 Å². The second kappa shape index (κ2) is 7.12. The lowest BCUT2D eigenvalue weighted by molar-refractivity contribution is -0.135. The van der Waals surface area contributed by atoms with Crippen LogP contribution >= 0.6 is 0 Å². The van der Waals surface area contributed by atoms with E-state index in [1.54, 1.807) is 0 Å². The van der Waals surface area contributed by atoms with Crippen LogP contribution in [0.1, 0.15) is 32.1 Å². The zero-order valence-corrected chi connectivity index (χ0v) is 9.58. The van der Waals surface area contributed by atoms with Crippen LogP contribution in [0.15, 0.2) is 0 Å². The Kier molecular flexibility index (Phi) is 6.13. The van der Waals surface area contributed by atoms with Gasteiger partial charge in [-0.25, -0.2) is 0 Å². The van der Waals surface area contributed by atoms with Crippen molar-refractivity contribution >= 4 is 0 Å². The second-order valence-electron chi connectivity index (χ2n) is 4.47. The largest absolute Gasteiger partial charge is 0.389 e. The lowest BCUT2D eigenvalue weighted by Gasteiger charge is -2.22. The molecule has 0 spiro atoms. The van der Waals surface area contributed by atoms with Crippen LogP contribution in [0.3, 0.4) is 0 Å². The predicted molar refractivity (Wildman–Crippen MR) is 58.4 cm³/mol. The van der Waals surface area contributed by atoms with Gasteiger partial charge in [-0.3, -0.25) is 0 Å². The van der Waals surface area contributed by atoms with Crippen molar-refractivity contribution in [3.8, 4) is 0 Å². The van der Waals surface area contributed by atoms with Gasteiger partial charge in [-0.1, -0.05) is 0 Å². The molecule has 1 rings (SSSR count). The first-order valence-electron chi connectivity index (χ1n) is 6.06. The van der Waals surface area contributed by atoms with Crippen molar-refractivity contribution in [2.75, 3.05) is 26.2 Å². The van der Waals surface area contributed by atoms with E-state index in [1.807, 2.05) is 0 Å². The third-order valence-electron chi connectivity index (χ3n) is 2.94. The van der Waals surface area contributed by atoms with Crippen molar-refractivity contribution in [2.45, 2.75) is 38.3 Å². The maximum Gasteiger partial charge on any atom is 0.389 e. The highest BCUT2D eigenvalue weighted by atomic mass is 19.4. The minimum atomic E-state index is -4.00. The first-order chi connectivity index (χ1) is 7.58. The predicted octanol–water partition coefficient (Wildman–Crippen LogP) is 2.31. The van der Waals surface area contributed by atoms with Gasteiger partial charge in [0.15, 0.2) is 0 Å². The van der Waals surface area contributed by atoms with Crippen molar-refractivity contribution in [1.29, 1.82) is 0 Å². The van der Waals surface area contributed by atoms with Gasteiger partial charge in [-0.05, 0) is 57.8 Å². The van der Waals surface area contributed by atoms with Crippen LogP contribution in [0, 0.1) is 5.92 Å². The number of nitrogens with one attached hydrogen (secondary N) is 2. The van der Waals surface area contributed by atoms with Crippen molar-refractivity contribution in [3.05, 3.63) is 0 Å². The van der Waals surface area contributed by atoms with Crippen molar-refractivity contribution < 1.29 is 13.2 Å². The molecule has 1 heterocycles. The lowest BCUT2D eigenvalue weighted by Crippen LogP contribution is -2.32. The van der Waals surface area contributed by atoms with Gasteiger partial charge in [0.25, 0.3) is 0 Å². The van der Waals surface area contributed by atoms with Gasteiger partial charge in [-0.15, -0.1) is 0 Å². The molecule has 2 nitrogen and oxygen atoms in total. The summed E-state index contributed by atoms with van der Waals surface area (Å²) in [4.78, 5) is 0. The smallest absolute Gasteiger partial charge is 0.317 e. The quantitative estimate of drug-likeness (QED) is 0.694. The molecule has 0 saturated carbocycles. The second-order valence-corrected chi connectivity index (χ2v) is 4.47. The van der Waals surface area contributed by atoms with E-state index in [9.17, 15) is 13.2 Å². The molecule has 0 aromatic carbocycles. The highest BCUT2D eigenvalue weighted by Gasteiger charge is 2.25. The number of alkyl halides is 3. The Morgan fingerprint density at radius 1 is 1.25 bits per heavy atom. The number of halogens is 3. The first-order valence-corrected chi connectivity index (χ1v) is 6.06. The van der Waals surface area contributed by atoms with Crippen LogP contribution < -0.4 is 10.6 Å². The molecule has 16 heavy (non-hydrogen) atoms. The first kappa shape index (κ1) is 13.8. The van der Waals surface area contributed by atoms with Crippen molar-refractivity contribution in [2.24, 2.45) is 5.92 Å². The third-order valence-corrected chi connectivity index (χ3v) is 2.94. The standard InChI is InChI=1S/C11H21F3N2/c12-11(13,14)5-2-7-15-8-4-10-3-1-6-16-9-10/h10,15-16H,1-9H2. The fraction of sp³-hybridized carbons (Fsp3) is 1.00. The number of hydrogen-bond donors (Lipinski definition) is 2. The molecule has 1 fully saturated rings. The molecular formula is C11H21F3N2. The Hall–Kier alpha value is -0.290. The van der Waals surface area contributed by atoms with Crippen LogP contribution in [0.25, 0.3) is 0 Å². The van der Waals surface area contributed by atoms with E-state index in [-0.39, 0.29) is 6.42 Å². The monoisotopic (exact) mass is 238 g/mol. The van der Waals surface area contributed by atoms with Crippen molar-refractivity contribution in [1.82, 2.24) is 10.6 Å². The highest BCUT2D eigenvalue weighted by molar-refractivity contribution is 4.69. The van der Waals surface area contributed by atoms with Gasteiger partial charge in [-0.2, -0.15) is 13.2 Å². The maximum absolute atomic E-state index is 11.8. The van der Waals surface area contributed by atoms with Crippen LogP contribution in [0.4, 0.5) is 13.2 Å². The summed E-state index contributed by atoms with van der Waals surface area (Å²) in [5.74, 6) is 0.698. The summed E-state index contributed by atoms with van der Waals surface area (Å²) in [5.41, 5.74) is 0. The van der Waals surface area contributed by atoms with E-state index in [0.717, 1.165) is 26.1 Å². The summed E-state index contributed by atoms with van der Waals surface area (Å²) >= 11 is 0. The van der Waals surface area contributed by atoms with E-state index in [0.29, 0.717) is 12.5 Å². The number of rotatable bonds is 6. The molecule has 2 N–H and O–H groups in total. The van der Waals surface area contributed by atoms with Crippen LogP contribution in [0.5, 0.6) is 0 Å². The molecule has 0 bridgehead atoms. The van der Waals surface area contributed by atoms with Gasteiger partial charge in [0.1, 0.15) is 0 Å². The fourth-order valence-corrected chi connectivity index (χ4v) is 2.02. The van der Waals surface area contributed by atoms with Gasteiger partial charge >= 0.3 is 6.18 Å². The summed E-state index contributed by atoms with van der Waals surface area (Å²) in [6.45, 7) is 3.48. The Morgan fingerprint density at radius 2 is 2.06 bits per heavy atom. The summed E-state index contributed by atoms with van der Waals surface area (Å²) in [6, 6.07) is 0. The Bertz CT molecular complexity index is 177. The summed E-state index contributed by atoms with van der Waals surface area (Å²) in [6.07, 6.45) is -0.957. The summed E-state index contributed by atoms with van der Waals surface area (Å²) < 4.78 is 35.5. The Balaban J connectivity index is 1.87. The SMILES string of the molecule is FC(F)(F)CCCNCCC1CCCNC1. The molecule has 96 valence electrons. The van der Waals surface area contributed by atoms with Crippen LogP contribution in [-0.2, 0) is 0 Å². The molecule has 5 heteroatoms. The average Bonchev–Trinajstić information content (AvgIpc) is 2.23. The lowest BCUT2D eigenvalue weighted by atomic mass is 9.96. The molecule has 1 atom stereocenters. The average molecular weight is 238 g/mol. The van der Waals surface area contributed by atoms with Gasteiger partial charge in [0.05, 0.1) is 0 Å². The van der Waals surface area contributed by atoms with Crippen LogP contribution in [0.2, 0.25) is 0 Å². The normalized spacial score (nSPS) is 22.3. The third kappa shape index (κ3) is 7.06. The zero-order valence-electron chi connectivity index (χ0n) is 9.58. The fourth-order valence-electron chi connectivity index (χ4n) is 2.02. The van der Waals surface area contributed by atoms with E-state index >= 15 is 0 Å². The Morgan fingerprint density at radius 3 is 2.69 bits per heavy atom. The van der Waals surface area contributed by atoms with E-state index < -0.39 is 12.6 Å². The molecule has 1 aliphatic rings. The van der Waals surface area contributed by atoms with Crippen molar-refractivity contribution in [3.63, 3.8) is 0 Å². The molecule has 0 aromatic heterocycles. The van der Waals surface area contributed by atoms with E-state index in [4.69, 9.17) is 0 Å². The van der Waals surface area contributed by atoms with Crippen LogP contribution in [-0.4, -0.2) is 32.4 Å². The minimum Gasteiger partial charge on any atom is -0.317 e. The molecule has 1 aliphatic heterocycles. The minimum absolute atomic E-state index is 0.187. The zero-order chi connectivity index (χ0) is 11.9. The number of piperidine rings is 1. The number of hydrogen-bond acceptors (Lipinski definition) is 2. The molecule has 0 radical (unpaired) electrons. The van der Waals surface area contributed by atoms with E-state index in [1.165, 1.54) is 12.8 Å². The molecule has 1 unspecified atom stereocenters. The molecule has 0 amide bonds. The summed E-state index contributed by atoms with van der Waals surface area (Å²) in [7, 11) is 0. The Labute approximate surface area is 95.0 Å². The molecule has 0 aliphatic carbocycles. The highest BCUT2D eigenvalue weighted by Crippen LogP contribution is 2.20. The molecular weight excluding hydrogens is 217 g/mol. The van der Waals surface area contributed by atoms with E-state index in [2.05, 4.69) is 10.6 Å². The summed E-state index contributed by atoms with van der Waals surface area (Å²) in [5, 5.41) is 6.41.